The summed E-state index contributed by atoms with van der Waals surface area (Å²) >= 11 is 0. The van der Waals surface area contributed by atoms with Crippen LogP contribution in [0.5, 0.6) is 11.5 Å². The van der Waals surface area contributed by atoms with Crippen LogP contribution in [0, 0.1) is 0 Å². The van der Waals surface area contributed by atoms with Crippen molar-refractivity contribution in [3.8, 4) is 11.5 Å². The summed E-state index contributed by atoms with van der Waals surface area (Å²) in [6, 6.07) is 5.15. The van der Waals surface area contributed by atoms with Crippen LogP contribution >= 0.6 is 0 Å². The SMILES string of the molecule is COc1cccc(C(=O)O)c1OCC1CCCCN1. The number of carboxylic acid groups (broad SMARTS) is 1. The van der Waals surface area contributed by atoms with E-state index in [1.165, 1.54) is 26.0 Å². The van der Waals surface area contributed by atoms with Gasteiger partial charge in [0.15, 0.2) is 11.5 Å². The first kappa shape index (κ1) is 13.7. The molecule has 1 fully saturated rings. The van der Waals surface area contributed by atoms with Gasteiger partial charge in [0.2, 0.25) is 0 Å². The molecule has 1 heterocycles. The first-order chi connectivity index (χ1) is 9.22. The number of hydrogen-bond acceptors (Lipinski definition) is 4. The fourth-order valence-electron chi connectivity index (χ4n) is 2.24. The lowest BCUT2D eigenvalue weighted by molar-refractivity contribution is 0.0690. The predicted molar refractivity (Wildman–Crippen MR) is 71.1 cm³/mol. The van der Waals surface area contributed by atoms with Crippen LogP contribution in [0.2, 0.25) is 0 Å². The minimum Gasteiger partial charge on any atom is -0.493 e. The Morgan fingerprint density at radius 2 is 2.32 bits per heavy atom. The minimum absolute atomic E-state index is 0.134. The van der Waals surface area contributed by atoms with E-state index in [4.69, 9.17) is 9.47 Å². The highest BCUT2D eigenvalue weighted by Gasteiger charge is 2.19. The van der Waals surface area contributed by atoms with Gasteiger partial charge in [0, 0.05) is 6.04 Å². The van der Waals surface area contributed by atoms with Crippen LogP contribution in [-0.4, -0.2) is 37.4 Å². The maximum Gasteiger partial charge on any atom is 0.339 e. The summed E-state index contributed by atoms with van der Waals surface area (Å²) in [6.07, 6.45) is 3.42. The van der Waals surface area contributed by atoms with E-state index in [2.05, 4.69) is 5.32 Å². The zero-order valence-electron chi connectivity index (χ0n) is 11.0. The number of ether oxygens (including phenoxy) is 2. The monoisotopic (exact) mass is 265 g/mol. The van der Waals surface area contributed by atoms with E-state index in [0.29, 0.717) is 18.1 Å². The largest absolute Gasteiger partial charge is 0.493 e. The third kappa shape index (κ3) is 3.38. The Labute approximate surface area is 112 Å². The number of carbonyl (C=O) groups is 1. The van der Waals surface area contributed by atoms with Gasteiger partial charge in [-0.3, -0.25) is 0 Å². The second-order valence-electron chi connectivity index (χ2n) is 4.60. The lowest BCUT2D eigenvalue weighted by Crippen LogP contribution is -2.38. The molecule has 0 bridgehead atoms. The molecule has 1 aromatic rings. The zero-order chi connectivity index (χ0) is 13.7. The molecule has 104 valence electrons. The van der Waals surface area contributed by atoms with Crippen LogP contribution in [-0.2, 0) is 0 Å². The fraction of sp³-hybridized carbons (Fsp3) is 0.500. The van der Waals surface area contributed by atoms with Crippen LogP contribution in [0.3, 0.4) is 0 Å². The van der Waals surface area contributed by atoms with Crippen molar-refractivity contribution in [2.24, 2.45) is 0 Å². The second kappa shape index (κ2) is 6.43. The van der Waals surface area contributed by atoms with Crippen LogP contribution < -0.4 is 14.8 Å². The summed E-state index contributed by atoms with van der Waals surface area (Å²) in [4.78, 5) is 11.2. The molecule has 0 aromatic heterocycles. The molecule has 5 heteroatoms. The Balaban J connectivity index is 2.10. The molecule has 1 unspecified atom stereocenters. The van der Waals surface area contributed by atoms with Crippen molar-refractivity contribution < 1.29 is 19.4 Å². The summed E-state index contributed by atoms with van der Waals surface area (Å²) in [5, 5.41) is 12.5. The van der Waals surface area contributed by atoms with E-state index >= 15 is 0 Å². The highest BCUT2D eigenvalue weighted by molar-refractivity contribution is 5.92. The smallest absolute Gasteiger partial charge is 0.339 e. The molecule has 0 radical (unpaired) electrons. The topological polar surface area (TPSA) is 67.8 Å². The van der Waals surface area contributed by atoms with Gasteiger partial charge < -0.3 is 19.9 Å². The van der Waals surface area contributed by atoms with Gasteiger partial charge >= 0.3 is 5.97 Å². The number of hydrogen-bond donors (Lipinski definition) is 2. The fourth-order valence-corrected chi connectivity index (χ4v) is 2.24. The minimum atomic E-state index is -1.01. The Morgan fingerprint density at radius 3 is 2.95 bits per heavy atom. The molecule has 1 aliphatic heterocycles. The van der Waals surface area contributed by atoms with Gasteiger partial charge in [0.05, 0.1) is 7.11 Å². The molecule has 5 nitrogen and oxygen atoms in total. The molecule has 2 N–H and O–H groups in total. The highest BCUT2D eigenvalue weighted by Crippen LogP contribution is 2.31. The normalized spacial score (nSPS) is 18.9. The summed E-state index contributed by atoms with van der Waals surface area (Å²) in [6.45, 7) is 1.45. The first-order valence-electron chi connectivity index (χ1n) is 6.49. The van der Waals surface area contributed by atoms with Gasteiger partial charge in [-0.1, -0.05) is 12.5 Å². The van der Waals surface area contributed by atoms with Gasteiger partial charge in [-0.25, -0.2) is 4.79 Å². The summed E-state index contributed by atoms with van der Waals surface area (Å²) in [7, 11) is 1.51. The van der Waals surface area contributed by atoms with Gasteiger partial charge in [-0.05, 0) is 31.5 Å². The van der Waals surface area contributed by atoms with Gasteiger partial charge in [-0.2, -0.15) is 0 Å². The molecule has 19 heavy (non-hydrogen) atoms. The lowest BCUT2D eigenvalue weighted by Gasteiger charge is -2.24. The van der Waals surface area contributed by atoms with Crippen molar-refractivity contribution in [3.05, 3.63) is 23.8 Å². The average molecular weight is 265 g/mol. The van der Waals surface area contributed by atoms with Crippen molar-refractivity contribution in [2.45, 2.75) is 25.3 Å². The van der Waals surface area contributed by atoms with Crippen LogP contribution in [0.15, 0.2) is 18.2 Å². The number of para-hydroxylation sites is 1. The molecule has 0 amide bonds. The van der Waals surface area contributed by atoms with Crippen LogP contribution in [0.25, 0.3) is 0 Å². The molecular formula is C14H19NO4. The van der Waals surface area contributed by atoms with E-state index in [-0.39, 0.29) is 11.6 Å². The quantitative estimate of drug-likeness (QED) is 0.851. The van der Waals surface area contributed by atoms with Crippen molar-refractivity contribution >= 4 is 5.97 Å². The Hall–Kier alpha value is -1.75. The summed E-state index contributed by atoms with van der Waals surface area (Å²) in [5.74, 6) is -0.244. The summed E-state index contributed by atoms with van der Waals surface area (Å²) in [5.41, 5.74) is 0.134. The second-order valence-corrected chi connectivity index (χ2v) is 4.60. The van der Waals surface area contributed by atoms with Crippen LogP contribution in [0.4, 0.5) is 0 Å². The van der Waals surface area contributed by atoms with Crippen molar-refractivity contribution in [3.63, 3.8) is 0 Å². The van der Waals surface area contributed by atoms with Gasteiger partial charge in [-0.15, -0.1) is 0 Å². The van der Waals surface area contributed by atoms with Crippen molar-refractivity contribution in [2.75, 3.05) is 20.3 Å². The van der Waals surface area contributed by atoms with Crippen LogP contribution in [0.1, 0.15) is 29.6 Å². The molecule has 1 atom stereocenters. The molecule has 0 spiro atoms. The molecule has 0 aliphatic carbocycles. The van der Waals surface area contributed by atoms with Crippen molar-refractivity contribution in [1.29, 1.82) is 0 Å². The Bertz CT molecular complexity index is 441. The third-order valence-corrected chi connectivity index (χ3v) is 3.27. The number of aromatic carboxylic acids is 1. The van der Waals surface area contributed by atoms with E-state index < -0.39 is 5.97 Å². The standard InChI is InChI=1S/C14H19NO4/c1-18-12-7-4-6-11(14(16)17)13(12)19-9-10-5-2-3-8-15-10/h4,6-7,10,15H,2-3,5,8-9H2,1H3,(H,16,17). The zero-order valence-corrected chi connectivity index (χ0v) is 11.0. The van der Waals surface area contributed by atoms with Gasteiger partial charge in [0.1, 0.15) is 12.2 Å². The summed E-state index contributed by atoms with van der Waals surface area (Å²) < 4.78 is 10.9. The van der Waals surface area contributed by atoms with Crippen molar-refractivity contribution in [1.82, 2.24) is 5.32 Å². The van der Waals surface area contributed by atoms with E-state index in [0.717, 1.165) is 13.0 Å². The number of nitrogens with one attached hydrogen (secondary N) is 1. The number of methoxy groups -OCH3 is 1. The van der Waals surface area contributed by atoms with Gasteiger partial charge in [0.25, 0.3) is 0 Å². The molecule has 1 aliphatic rings. The van der Waals surface area contributed by atoms with E-state index in [1.807, 2.05) is 0 Å². The van der Waals surface area contributed by atoms with E-state index in [9.17, 15) is 9.90 Å². The average Bonchev–Trinajstić information content (AvgIpc) is 2.45. The number of piperidine rings is 1. The number of carboxylic acids is 1. The maximum absolute atomic E-state index is 11.2. The lowest BCUT2D eigenvalue weighted by atomic mass is 10.1. The molecule has 0 saturated carbocycles. The first-order valence-corrected chi connectivity index (χ1v) is 6.49. The molecule has 2 rings (SSSR count). The molecule has 1 aromatic carbocycles. The highest BCUT2D eigenvalue weighted by atomic mass is 16.5. The van der Waals surface area contributed by atoms with E-state index in [1.54, 1.807) is 12.1 Å². The molecular weight excluding hydrogens is 246 g/mol. The predicted octanol–water partition coefficient (Wildman–Crippen LogP) is 1.91. The molecule has 1 saturated heterocycles. The Kier molecular flexibility index (Phi) is 4.63. The number of benzene rings is 1. The number of rotatable bonds is 5. The third-order valence-electron chi connectivity index (χ3n) is 3.27. The Morgan fingerprint density at radius 1 is 1.47 bits per heavy atom. The maximum atomic E-state index is 11.2.